The number of hydrogen-bond donors (Lipinski definition) is 1. The Kier molecular flexibility index (Phi) is 5.64. The first-order chi connectivity index (χ1) is 9.60. The van der Waals surface area contributed by atoms with Crippen LogP contribution in [-0.2, 0) is 0 Å². The molecular weight excluding hydrogens is 334 g/mol. The van der Waals surface area contributed by atoms with E-state index >= 15 is 0 Å². The van der Waals surface area contributed by atoms with Crippen LogP contribution in [0.3, 0.4) is 0 Å². The Hall–Kier alpha value is -0.840. The second-order valence-electron chi connectivity index (χ2n) is 4.87. The standard InChI is InChI=1S/C16H20BrNOS/c1-4-18-16(14-8-9-15(17)20-14)12-6-5-7-13(10-12)19-11(2)3/h5-11,16,18H,4H2,1-3H3. The van der Waals surface area contributed by atoms with Gasteiger partial charge in [-0.15, -0.1) is 11.3 Å². The van der Waals surface area contributed by atoms with Crippen LogP contribution in [0.2, 0.25) is 0 Å². The summed E-state index contributed by atoms with van der Waals surface area (Å²) in [7, 11) is 0. The van der Waals surface area contributed by atoms with E-state index in [0.29, 0.717) is 0 Å². The molecule has 2 nitrogen and oxygen atoms in total. The minimum atomic E-state index is 0.193. The second kappa shape index (κ2) is 7.25. The van der Waals surface area contributed by atoms with Crippen LogP contribution in [0.4, 0.5) is 0 Å². The van der Waals surface area contributed by atoms with Gasteiger partial charge in [-0.3, -0.25) is 0 Å². The van der Waals surface area contributed by atoms with Crippen molar-refractivity contribution in [3.63, 3.8) is 0 Å². The predicted octanol–water partition coefficient (Wildman–Crippen LogP) is 5.00. The molecule has 1 unspecified atom stereocenters. The number of rotatable bonds is 6. The van der Waals surface area contributed by atoms with Crippen LogP contribution >= 0.6 is 27.3 Å². The number of ether oxygens (including phenoxy) is 1. The molecule has 0 amide bonds. The van der Waals surface area contributed by atoms with Gasteiger partial charge in [-0.05, 0) is 66.2 Å². The maximum absolute atomic E-state index is 5.79. The molecular formula is C16H20BrNOS. The molecule has 1 aromatic carbocycles. The lowest BCUT2D eigenvalue weighted by Gasteiger charge is -2.18. The topological polar surface area (TPSA) is 21.3 Å². The van der Waals surface area contributed by atoms with E-state index in [1.807, 2.05) is 19.9 Å². The van der Waals surface area contributed by atoms with Crippen molar-refractivity contribution in [2.75, 3.05) is 6.54 Å². The van der Waals surface area contributed by atoms with E-state index in [-0.39, 0.29) is 12.1 Å². The summed E-state index contributed by atoms with van der Waals surface area (Å²) in [5.41, 5.74) is 1.24. The third kappa shape index (κ3) is 4.08. The molecule has 108 valence electrons. The first-order valence-corrected chi connectivity index (χ1v) is 8.46. The van der Waals surface area contributed by atoms with Gasteiger partial charge in [0.15, 0.2) is 0 Å². The summed E-state index contributed by atoms with van der Waals surface area (Å²) in [4.78, 5) is 1.31. The Labute approximate surface area is 133 Å². The molecule has 0 aliphatic rings. The summed E-state index contributed by atoms with van der Waals surface area (Å²) < 4.78 is 6.95. The van der Waals surface area contributed by atoms with Gasteiger partial charge in [0.1, 0.15) is 5.75 Å². The summed E-state index contributed by atoms with van der Waals surface area (Å²) in [6.07, 6.45) is 0.193. The number of thiophene rings is 1. The van der Waals surface area contributed by atoms with Gasteiger partial charge in [0.25, 0.3) is 0 Å². The number of hydrogen-bond acceptors (Lipinski definition) is 3. The van der Waals surface area contributed by atoms with Crippen molar-refractivity contribution >= 4 is 27.3 Å². The van der Waals surface area contributed by atoms with Gasteiger partial charge in [-0.25, -0.2) is 0 Å². The van der Waals surface area contributed by atoms with Crippen molar-refractivity contribution in [2.24, 2.45) is 0 Å². The first kappa shape index (κ1) is 15.5. The Bertz CT molecular complexity index is 553. The van der Waals surface area contributed by atoms with E-state index in [1.165, 1.54) is 10.4 Å². The molecule has 1 N–H and O–H groups in total. The highest BCUT2D eigenvalue weighted by Crippen LogP contribution is 2.32. The van der Waals surface area contributed by atoms with Gasteiger partial charge in [-0.2, -0.15) is 0 Å². The molecule has 1 aromatic heterocycles. The molecule has 0 spiro atoms. The van der Waals surface area contributed by atoms with Crippen LogP contribution in [0.5, 0.6) is 5.75 Å². The molecule has 2 aromatic rings. The lowest BCUT2D eigenvalue weighted by atomic mass is 10.0. The fourth-order valence-electron chi connectivity index (χ4n) is 2.11. The molecule has 0 fully saturated rings. The van der Waals surface area contributed by atoms with E-state index in [2.05, 4.69) is 58.5 Å². The Morgan fingerprint density at radius 1 is 1.25 bits per heavy atom. The molecule has 0 saturated heterocycles. The van der Waals surface area contributed by atoms with E-state index in [9.17, 15) is 0 Å². The minimum absolute atomic E-state index is 0.193. The SMILES string of the molecule is CCNC(c1cccc(OC(C)C)c1)c1ccc(Br)s1. The third-order valence-electron chi connectivity index (χ3n) is 2.85. The van der Waals surface area contributed by atoms with Gasteiger partial charge in [-0.1, -0.05) is 19.1 Å². The van der Waals surface area contributed by atoms with Crippen molar-refractivity contribution in [2.45, 2.75) is 32.9 Å². The maximum Gasteiger partial charge on any atom is 0.120 e. The van der Waals surface area contributed by atoms with Crippen molar-refractivity contribution < 1.29 is 4.74 Å². The highest BCUT2D eigenvalue weighted by atomic mass is 79.9. The predicted molar refractivity (Wildman–Crippen MR) is 89.7 cm³/mol. The zero-order valence-electron chi connectivity index (χ0n) is 12.0. The van der Waals surface area contributed by atoms with Crippen LogP contribution in [0.25, 0.3) is 0 Å². The quantitative estimate of drug-likeness (QED) is 0.789. The van der Waals surface area contributed by atoms with E-state index < -0.39 is 0 Å². The minimum Gasteiger partial charge on any atom is -0.491 e. The van der Waals surface area contributed by atoms with Crippen molar-refractivity contribution in [1.29, 1.82) is 0 Å². The normalized spacial score (nSPS) is 12.7. The summed E-state index contributed by atoms with van der Waals surface area (Å²) in [6.45, 7) is 7.15. The molecule has 20 heavy (non-hydrogen) atoms. The highest BCUT2D eigenvalue weighted by molar-refractivity contribution is 9.11. The van der Waals surface area contributed by atoms with Crippen molar-refractivity contribution in [3.05, 3.63) is 50.6 Å². The summed E-state index contributed by atoms with van der Waals surface area (Å²) >= 11 is 5.30. The molecule has 0 aliphatic carbocycles. The number of halogens is 1. The number of benzene rings is 1. The van der Waals surface area contributed by atoms with Crippen LogP contribution in [-0.4, -0.2) is 12.6 Å². The third-order valence-corrected chi connectivity index (χ3v) is 4.54. The Balaban J connectivity index is 2.29. The van der Waals surface area contributed by atoms with Crippen LogP contribution in [0.1, 0.15) is 37.3 Å². The summed E-state index contributed by atoms with van der Waals surface area (Å²) in [5, 5.41) is 3.54. The van der Waals surface area contributed by atoms with Crippen molar-refractivity contribution in [3.8, 4) is 5.75 Å². The van der Waals surface area contributed by atoms with E-state index in [1.54, 1.807) is 11.3 Å². The van der Waals surface area contributed by atoms with E-state index in [4.69, 9.17) is 4.74 Å². The molecule has 0 aliphatic heterocycles. The average molecular weight is 354 g/mol. The van der Waals surface area contributed by atoms with Gasteiger partial charge >= 0.3 is 0 Å². The smallest absolute Gasteiger partial charge is 0.120 e. The highest BCUT2D eigenvalue weighted by Gasteiger charge is 2.15. The zero-order valence-corrected chi connectivity index (χ0v) is 14.4. The molecule has 2 rings (SSSR count). The lowest BCUT2D eigenvalue weighted by molar-refractivity contribution is 0.242. The van der Waals surface area contributed by atoms with Crippen LogP contribution in [0, 0.1) is 0 Å². The lowest BCUT2D eigenvalue weighted by Crippen LogP contribution is -2.21. The monoisotopic (exact) mass is 353 g/mol. The molecule has 1 heterocycles. The Morgan fingerprint density at radius 2 is 2.05 bits per heavy atom. The molecule has 0 saturated carbocycles. The molecule has 0 radical (unpaired) electrons. The zero-order chi connectivity index (χ0) is 14.5. The van der Waals surface area contributed by atoms with Gasteiger partial charge in [0.05, 0.1) is 15.9 Å². The van der Waals surface area contributed by atoms with Crippen molar-refractivity contribution in [1.82, 2.24) is 5.32 Å². The molecule has 0 bridgehead atoms. The van der Waals surface area contributed by atoms with Gasteiger partial charge < -0.3 is 10.1 Å². The summed E-state index contributed by atoms with van der Waals surface area (Å²) in [5.74, 6) is 0.927. The fraction of sp³-hybridized carbons (Fsp3) is 0.375. The van der Waals surface area contributed by atoms with E-state index in [0.717, 1.165) is 16.1 Å². The van der Waals surface area contributed by atoms with Gasteiger partial charge in [0.2, 0.25) is 0 Å². The summed E-state index contributed by atoms with van der Waals surface area (Å²) in [6, 6.07) is 12.8. The average Bonchev–Trinajstić information content (AvgIpc) is 2.82. The van der Waals surface area contributed by atoms with Crippen LogP contribution < -0.4 is 10.1 Å². The van der Waals surface area contributed by atoms with Crippen LogP contribution in [0.15, 0.2) is 40.2 Å². The molecule has 4 heteroatoms. The largest absolute Gasteiger partial charge is 0.491 e. The fourth-order valence-corrected chi connectivity index (χ4v) is 3.64. The Morgan fingerprint density at radius 3 is 2.65 bits per heavy atom. The molecule has 1 atom stereocenters. The van der Waals surface area contributed by atoms with Gasteiger partial charge in [0, 0.05) is 4.88 Å². The first-order valence-electron chi connectivity index (χ1n) is 6.85. The number of nitrogens with one attached hydrogen (secondary N) is 1. The second-order valence-corrected chi connectivity index (χ2v) is 7.37. The maximum atomic E-state index is 5.79.